The molecule has 82 valence electrons. The highest BCUT2D eigenvalue weighted by molar-refractivity contribution is 5.84. The highest BCUT2D eigenvalue weighted by Crippen LogP contribution is 2.14. The second-order valence-electron chi connectivity index (χ2n) is 3.93. The number of nitrogens with one attached hydrogen (secondary N) is 1. The highest BCUT2D eigenvalue weighted by Gasteiger charge is 2.17. The van der Waals surface area contributed by atoms with E-state index >= 15 is 0 Å². The molecule has 3 heteroatoms. The number of hydrogen-bond donors (Lipinski definition) is 2. The second kappa shape index (κ2) is 6.82. The number of aliphatic hydroxyl groups excluding tert-OH is 1. The zero-order valence-corrected chi connectivity index (χ0v) is 9.13. The first-order chi connectivity index (χ1) is 6.86. The summed E-state index contributed by atoms with van der Waals surface area (Å²) < 4.78 is 0. The topological polar surface area (TPSA) is 44.6 Å². The van der Waals surface area contributed by atoms with Crippen molar-refractivity contribution in [3.63, 3.8) is 0 Å². The van der Waals surface area contributed by atoms with Gasteiger partial charge < -0.3 is 10.4 Å². The molecule has 0 spiro atoms. The first kappa shape index (κ1) is 11.5. The molecule has 0 aromatic rings. The van der Waals surface area contributed by atoms with E-state index in [4.69, 9.17) is 5.11 Å². The minimum absolute atomic E-state index is 0.158. The molecule has 1 saturated heterocycles. The SMILES string of the molecule is CCCCCC1CCC(=NCCO)N1. The number of hydrogen-bond acceptors (Lipinski definition) is 2. The van der Waals surface area contributed by atoms with Crippen LogP contribution in [0.1, 0.15) is 45.4 Å². The molecular weight excluding hydrogens is 176 g/mol. The average molecular weight is 198 g/mol. The molecule has 2 N–H and O–H groups in total. The lowest BCUT2D eigenvalue weighted by Gasteiger charge is -2.09. The van der Waals surface area contributed by atoms with Gasteiger partial charge in [0.2, 0.25) is 0 Å². The fourth-order valence-corrected chi connectivity index (χ4v) is 1.86. The Morgan fingerprint density at radius 2 is 2.36 bits per heavy atom. The standard InChI is InChI=1S/C11H22N2O/c1-2-3-4-5-10-6-7-11(13-10)12-8-9-14/h10,14H,2-9H2,1H3,(H,12,13). The molecule has 0 saturated carbocycles. The minimum Gasteiger partial charge on any atom is -0.394 e. The van der Waals surface area contributed by atoms with Crippen LogP contribution in [0.5, 0.6) is 0 Å². The number of nitrogens with zero attached hydrogens (tertiary/aromatic N) is 1. The van der Waals surface area contributed by atoms with Crippen LogP contribution in [-0.2, 0) is 0 Å². The smallest absolute Gasteiger partial charge is 0.0967 e. The molecule has 0 bridgehead atoms. The van der Waals surface area contributed by atoms with Crippen molar-refractivity contribution < 1.29 is 5.11 Å². The molecule has 1 aliphatic heterocycles. The van der Waals surface area contributed by atoms with Crippen molar-refractivity contribution in [1.29, 1.82) is 0 Å². The van der Waals surface area contributed by atoms with Gasteiger partial charge in [0.1, 0.15) is 0 Å². The average Bonchev–Trinajstić information content (AvgIpc) is 2.63. The van der Waals surface area contributed by atoms with Gasteiger partial charge in [-0.1, -0.05) is 26.2 Å². The highest BCUT2D eigenvalue weighted by atomic mass is 16.3. The van der Waals surface area contributed by atoms with Crippen molar-refractivity contribution in [2.45, 2.75) is 51.5 Å². The monoisotopic (exact) mass is 198 g/mol. The lowest BCUT2D eigenvalue weighted by molar-refractivity contribution is 0.306. The molecule has 14 heavy (non-hydrogen) atoms. The Kier molecular flexibility index (Phi) is 5.60. The number of aliphatic hydroxyl groups is 1. The van der Waals surface area contributed by atoms with Gasteiger partial charge in [0, 0.05) is 12.5 Å². The van der Waals surface area contributed by atoms with E-state index in [1.807, 2.05) is 0 Å². The molecule has 0 aromatic carbocycles. The lowest BCUT2D eigenvalue weighted by atomic mass is 10.1. The number of aliphatic imine (C=N–C) groups is 1. The Labute approximate surface area is 86.6 Å². The molecule has 0 radical (unpaired) electrons. The summed E-state index contributed by atoms with van der Waals surface area (Å²) in [7, 11) is 0. The number of amidine groups is 1. The molecule has 1 heterocycles. The van der Waals surface area contributed by atoms with Crippen molar-refractivity contribution in [3.8, 4) is 0 Å². The summed E-state index contributed by atoms with van der Waals surface area (Å²) >= 11 is 0. The van der Waals surface area contributed by atoms with E-state index in [2.05, 4.69) is 17.2 Å². The van der Waals surface area contributed by atoms with E-state index in [0.717, 1.165) is 12.3 Å². The third-order valence-electron chi connectivity index (χ3n) is 2.66. The predicted molar refractivity (Wildman–Crippen MR) is 59.7 cm³/mol. The third kappa shape index (κ3) is 4.09. The predicted octanol–water partition coefficient (Wildman–Crippen LogP) is 1.71. The fourth-order valence-electron chi connectivity index (χ4n) is 1.86. The van der Waals surface area contributed by atoms with E-state index in [1.54, 1.807) is 0 Å². The summed E-state index contributed by atoms with van der Waals surface area (Å²) in [6.07, 6.45) is 7.50. The third-order valence-corrected chi connectivity index (χ3v) is 2.66. The van der Waals surface area contributed by atoms with Gasteiger partial charge in [0.05, 0.1) is 19.0 Å². The molecule has 1 fully saturated rings. The minimum atomic E-state index is 0.158. The summed E-state index contributed by atoms with van der Waals surface area (Å²) in [4.78, 5) is 4.28. The van der Waals surface area contributed by atoms with Crippen LogP contribution >= 0.6 is 0 Å². The van der Waals surface area contributed by atoms with E-state index < -0.39 is 0 Å². The van der Waals surface area contributed by atoms with Crippen LogP contribution in [0.25, 0.3) is 0 Å². The number of rotatable bonds is 6. The maximum absolute atomic E-state index is 8.63. The van der Waals surface area contributed by atoms with Gasteiger partial charge >= 0.3 is 0 Å². The summed E-state index contributed by atoms with van der Waals surface area (Å²) in [5, 5.41) is 12.1. The summed E-state index contributed by atoms with van der Waals surface area (Å²) in [5.41, 5.74) is 0. The van der Waals surface area contributed by atoms with Crippen molar-refractivity contribution in [2.75, 3.05) is 13.2 Å². The van der Waals surface area contributed by atoms with Gasteiger partial charge in [0.15, 0.2) is 0 Å². The van der Waals surface area contributed by atoms with Crippen LogP contribution in [0.3, 0.4) is 0 Å². The van der Waals surface area contributed by atoms with Crippen molar-refractivity contribution >= 4 is 5.84 Å². The second-order valence-corrected chi connectivity index (χ2v) is 3.93. The molecule has 1 unspecified atom stereocenters. The van der Waals surface area contributed by atoms with Crippen LogP contribution in [0, 0.1) is 0 Å². The van der Waals surface area contributed by atoms with Gasteiger partial charge in [0.25, 0.3) is 0 Å². The Bertz CT molecular complexity index is 180. The van der Waals surface area contributed by atoms with E-state index in [1.165, 1.54) is 32.1 Å². The molecule has 0 aromatic heterocycles. The van der Waals surface area contributed by atoms with Crippen molar-refractivity contribution in [1.82, 2.24) is 5.32 Å². The molecule has 1 aliphatic rings. The Morgan fingerprint density at radius 3 is 3.07 bits per heavy atom. The zero-order valence-electron chi connectivity index (χ0n) is 9.13. The quantitative estimate of drug-likeness (QED) is 0.638. The van der Waals surface area contributed by atoms with E-state index in [-0.39, 0.29) is 6.61 Å². The van der Waals surface area contributed by atoms with Crippen LogP contribution in [0.2, 0.25) is 0 Å². The lowest BCUT2D eigenvalue weighted by Crippen LogP contribution is -2.25. The molecule has 0 aliphatic carbocycles. The van der Waals surface area contributed by atoms with Crippen molar-refractivity contribution in [2.24, 2.45) is 4.99 Å². The zero-order chi connectivity index (χ0) is 10.2. The van der Waals surface area contributed by atoms with E-state index in [0.29, 0.717) is 12.6 Å². The normalized spacial score (nSPS) is 24.1. The largest absolute Gasteiger partial charge is 0.394 e. The van der Waals surface area contributed by atoms with Crippen LogP contribution in [0.4, 0.5) is 0 Å². The van der Waals surface area contributed by atoms with Gasteiger partial charge in [-0.2, -0.15) is 0 Å². The molecule has 3 nitrogen and oxygen atoms in total. The van der Waals surface area contributed by atoms with Crippen LogP contribution in [-0.4, -0.2) is 30.1 Å². The van der Waals surface area contributed by atoms with E-state index in [9.17, 15) is 0 Å². The Hall–Kier alpha value is -0.570. The number of unbranched alkanes of at least 4 members (excludes halogenated alkanes) is 2. The molecule has 0 amide bonds. The molecule has 1 atom stereocenters. The maximum Gasteiger partial charge on any atom is 0.0967 e. The first-order valence-corrected chi connectivity index (χ1v) is 5.77. The summed E-state index contributed by atoms with van der Waals surface area (Å²) in [5.74, 6) is 1.10. The van der Waals surface area contributed by atoms with Crippen LogP contribution < -0.4 is 5.32 Å². The Balaban J connectivity index is 2.13. The fraction of sp³-hybridized carbons (Fsp3) is 0.909. The van der Waals surface area contributed by atoms with Gasteiger partial charge in [-0.3, -0.25) is 4.99 Å². The molecular formula is C11H22N2O. The van der Waals surface area contributed by atoms with Gasteiger partial charge in [-0.25, -0.2) is 0 Å². The van der Waals surface area contributed by atoms with Crippen molar-refractivity contribution in [3.05, 3.63) is 0 Å². The molecule has 1 rings (SSSR count). The summed E-state index contributed by atoms with van der Waals surface area (Å²) in [6, 6.07) is 0.638. The van der Waals surface area contributed by atoms with Gasteiger partial charge in [-0.05, 0) is 12.8 Å². The van der Waals surface area contributed by atoms with Crippen LogP contribution in [0.15, 0.2) is 4.99 Å². The first-order valence-electron chi connectivity index (χ1n) is 5.77. The van der Waals surface area contributed by atoms with Gasteiger partial charge in [-0.15, -0.1) is 0 Å². The summed E-state index contributed by atoms with van der Waals surface area (Å²) in [6.45, 7) is 2.94. The Morgan fingerprint density at radius 1 is 1.50 bits per heavy atom. The maximum atomic E-state index is 8.63.